The third-order valence-electron chi connectivity index (χ3n) is 3.91. The summed E-state index contributed by atoms with van der Waals surface area (Å²) >= 11 is 0. The molecule has 1 aliphatic rings. The van der Waals surface area contributed by atoms with Crippen molar-refractivity contribution in [1.29, 1.82) is 0 Å². The van der Waals surface area contributed by atoms with Gasteiger partial charge in [0.15, 0.2) is 0 Å². The predicted octanol–water partition coefficient (Wildman–Crippen LogP) is 1.93. The Balaban J connectivity index is 2.34. The maximum atomic E-state index is 11.9. The van der Waals surface area contributed by atoms with E-state index in [0.29, 0.717) is 5.92 Å². The lowest BCUT2D eigenvalue weighted by molar-refractivity contribution is -0.124. The molecule has 1 heterocycles. The van der Waals surface area contributed by atoms with E-state index in [0.717, 1.165) is 19.5 Å². The molecule has 0 saturated carbocycles. The Kier molecular flexibility index (Phi) is 4.78. The van der Waals surface area contributed by atoms with Crippen LogP contribution in [0.15, 0.2) is 0 Å². The van der Waals surface area contributed by atoms with Crippen molar-refractivity contribution >= 4 is 5.91 Å². The quantitative estimate of drug-likeness (QED) is 0.769. The Hall–Kier alpha value is -0.570. The average Bonchev–Trinajstić information content (AvgIpc) is 2.27. The van der Waals surface area contributed by atoms with E-state index in [4.69, 9.17) is 0 Å². The van der Waals surface area contributed by atoms with E-state index >= 15 is 0 Å². The third kappa shape index (κ3) is 3.78. The highest BCUT2D eigenvalue weighted by Crippen LogP contribution is 2.24. The highest BCUT2D eigenvalue weighted by atomic mass is 16.2. The third-order valence-corrected chi connectivity index (χ3v) is 3.91. The topological polar surface area (TPSA) is 41.1 Å². The van der Waals surface area contributed by atoms with Crippen molar-refractivity contribution < 1.29 is 4.79 Å². The number of carbonyl (C=O) groups excluding carboxylic acids is 1. The maximum Gasteiger partial charge on any atom is 0.237 e. The summed E-state index contributed by atoms with van der Waals surface area (Å²) in [5.74, 6) is 0.751. The largest absolute Gasteiger partial charge is 0.354 e. The van der Waals surface area contributed by atoms with Crippen LogP contribution in [0.5, 0.6) is 0 Å². The summed E-state index contributed by atoms with van der Waals surface area (Å²) in [6.45, 7) is 10.5. The molecule has 1 rings (SSSR count). The molecule has 94 valence electrons. The minimum Gasteiger partial charge on any atom is -0.354 e. The molecular weight excluding hydrogens is 200 g/mol. The van der Waals surface area contributed by atoms with Crippen molar-refractivity contribution in [1.82, 2.24) is 10.6 Å². The fraction of sp³-hybridized carbons (Fsp3) is 0.923. The second-order valence-corrected chi connectivity index (χ2v) is 5.86. The average molecular weight is 226 g/mol. The van der Waals surface area contributed by atoms with Crippen LogP contribution in [0, 0.1) is 11.3 Å². The van der Waals surface area contributed by atoms with Gasteiger partial charge in [-0.05, 0) is 30.7 Å². The molecule has 0 radical (unpaired) electrons. The van der Waals surface area contributed by atoms with Gasteiger partial charge in [-0.15, -0.1) is 0 Å². The number of carbonyl (C=O) groups is 1. The van der Waals surface area contributed by atoms with Crippen molar-refractivity contribution in [2.45, 2.75) is 53.0 Å². The fourth-order valence-electron chi connectivity index (χ4n) is 1.72. The molecule has 3 nitrogen and oxygen atoms in total. The summed E-state index contributed by atoms with van der Waals surface area (Å²) < 4.78 is 0. The zero-order chi connectivity index (χ0) is 12.2. The molecule has 1 amide bonds. The van der Waals surface area contributed by atoms with E-state index in [9.17, 15) is 4.79 Å². The number of amides is 1. The molecule has 1 saturated heterocycles. The molecule has 1 atom stereocenters. The Morgan fingerprint density at radius 3 is 2.62 bits per heavy atom. The molecule has 2 N–H and O–H groups in total. The Morgan fingerprint density at radius 2 is 2.12 bits per heavy atom. The molecule has 0 unspecified atom stereocenters. The molecule has 0 aromatic rings. The maximum absolute atomic E-state index is 11.9. The van der Waals surface area contributed by atoms with Gasteiger partial charge in [0, 0.05) is 6.54 Å². The van der Waals surface area contributed by atoms with Gasteiger partial charge in [0.25, 0.3) is 0 Å². The first-order valence-electron chi connectivity index (χ1n) is 6.44. The zero-order valence-electron chi connectivity index (χ0n) is 11.1. The van der Waals surface area contributed by atoms with Gasteiger partial charge in [0.05, 0.1) is 6.04 Å². The smallest absolute Gasteiger partial charge is 0.237 e. The predicted molar refractivity (Wildman–Crippen MR) is 67.3 cm³/mol. The zero-order valence-corrected chi connectivity index (χ0v) is 11.1. The van der Waals surface area contributed by atoms with Crippen LogP contribution in [0.25, 0.3) is 0 Å². The van der Waals surface area contributed by atoms with E-state index in [2.05, 4.69) is 38.3 Å². The monoisotopic (exact) mass is 226 g/mol. The number of hydrogen-bond acceptors (Lipinski definition) is 2. The fourth-order valence-corrected chi connectivity index (χ4v) is 1.72. The number of piperidine rings is 1. The van der Waals surface area contributed by atoms with Gasteiger partial charge in [0.2, 0.25) is 5.91 Å². The van der Waals surface area contributed by atoms with E-state index in [1.807, 2.05) is 0 Å². The molecule has 0 aromatic carbocycles. The molecule has 1 fully saturated rings. The van der Waals surface area contributed by atoms with Crippen LogP contribution in [0.4, 0.5) is 0 Å². The molecule has 1 aliphatic heterocycles. The van der Waals surface area contributed by atoms with Crippen molar-refractivity contribution in [2.24, 2.45) is 11.3 Å². The highest BCUT2D eigenvalue weighted by molar-refractivity contribution is 5.81. The van der Waals surface area contributed by atoms with Crippen LogP contribution in [-0.2, 0) is 4.79 Å². The van der Waals surface area contributed by atoms with Crippen LogP contribution < -0.4 is 10.6 Å². The van der Waals surface area contributed by atoms with Crippen molar-refractivity contribution in [2.75, 3.05) is 13.1 Å². The normalized spacial score (nSPS) is 22.2. The Bertz CT molecular complexity index is 230. The van der Waals surface area contributed by atoms with Gasteiger partial charge in [-0.3, -0.25) is 4.79 Å². The van der Waals surface area contributed by atoms with E-state index in [-0.39, 0.29) is 17.4 Å². The SMILES string of the molecule is CC(C)C(C)(C)CNC(=O)[C@@H]1CCCCN1. The molecule has 3 heteroatoms. The van der Waals surface area contributed by atoms with E-state index in [1.165, 1.54) is 12.8 Å². The van der Waals surface area contributed by atoms with Crippen LogP contribution >= 0.6 is 0 Å². The van der Waals surface area contributed by atoms with Crippen molar-refractivity contribution in [3.8, 4) is 0 Å². The first kappa shape index (κ1) is 13.5. The van der Waals surface area contributed by atoms with Crippen LogP contribution in [0.1, 0.15) is 47.0 Å². The van der Waals surface area contributed by atoms with Gasteiger partial charge in [-0.1, -0.05) is 34.1 Å². The second kappa shape index (κ2) is 5.67. The van der Waals surface area contributed by atoms with Crippen LogP contribution in [0.2, 0.25) is 0 Å². The first-order valence-corrected chi connectivity index (χ1v) is 6.44. The summed E-state index contributed by atoms with van der Waals surface area (Å²) in [5.41, 5.74) is 0.171. The van der Waals surface area contributed by atoms with Gasteiger partial charge in [0.1, 0.15) is 0 Å². The number of hydrogen-bond donors (Lipinski definition) is 2. The Labute approximate surface area is 99.4 Å². The summed E-state index contributed by atoms with van der Waals surface area (Å²) in [4.78, 5) is 11.9. The molecule has 0 bridgehead atoms. The van der Waals surface area contributed by atoms with Gasteiger partial charge < -0.3 is 10.6 Å². The van der Waals surface area contributed by atoms with E-state index < -0.39 is 0 Å². The Morgan fingerprint density at radius 1 is 1.44 bits per heavy atom. The number of nitrogens with one attached hydrogen (secondary N) is 2. The minimum absolute atomic E-state index is 0.0386. The van der Waals surface area contributed by atoms with Crippen molar-refractivity contribution in [3.05, 3.63) is 0 Å². The molecule has 0 aromatic heterocycles. The summed E-state index contributed by atoms with van der Waals surface area (Å²) in [7, 11) is 0. The standard InChI is InChI=1S/C13H26N2O/c1-10(2)13(3,4)9-15-12(16)11-7-5-6-8-14-11/h10-11,14H,5-9H2,1-4H3,(H,15,16)/t11-/m0/s1. The van der Waals surface area contributed by atoms with Crippen LogP contribution in [-0.4, -0.2) is 25.0 Å². The van der Waals surface area contributed by atoms with Gasteiger partial charge in [-0.25, -0.2) is 0 Å². The second-order valence-electron chi connectivity index (χ2n) is 5.86. The van der Waals surface area contributed by atoms with Crippen molar-refractivity contribution in [3.63, 3.8) is 0 Å². The molecular formula is C13H26N2O. The lowest BCUT2D eigenvalue weighted by Gasteiger charge is -2.31. The lowest BCUT2D eigenvalue weighted by atomic mass is 9.81. The lowest BCUT2D eigenvalue weighted by Crippen LogP contribution is -2.49. The number of rotatable bonds is 4. The van der Waals surface area contributed by atoms with E-state index in [1.54, 1.807) is 0 Å². The minimum atomic E-state index is 0.0386. The molecule has 0 aliphatic carbocycles. The summed E-state index contributed by atoms with van der Waals surface area (Å²) in [6, 6.07) is 0.0386. The highest BCUT2D eigenvalue weighted by Gasteiger charge is 2.25. The van der Waals surface area contributed by atoms with Gasteiger partial charge in [-0.2, -0.15) is 0 Å². The molecule has 0 spiro atoms. The first-order chi connectivity index (χ1) is 7.43. The van der Waals surface area contributed by atoms with Gasteiger partial charge >= 0.3 is 0 Å². The van der Waals surface area contributed by atoms with Crippen LogP contribution in [0.3, 0.4) is 0 Å². The summed E-state index contributed by atoms with van der Waals surface area (Å²) in [5, 5.41) is 6.34. The summed E-state index contributed by atoms with van der Waals surface area (Å²) in [6.07, 6.45) is 3.34. The molecule has 16 heavy (non-hydrogen) atoms.